The topological polar surface area (TPSA) is 86.0 Å². The molecule has 0 aromatic heterocycles. The van der Waals surface area contributed by atoms with E-state index in [9.17, 15) is 8.78 Å². The molecule has 4 N–H and O–H groups in total. The fourth-order valence-corrected chi connectivity index (χ4v) is 1.01. The van der Waals surface area contributed by atoms with E-state index in [1.54, 1.807) is 0 Å². The molecule has 0 aliphatic carbocycles. The van der Waals surface area contributed by atoms with Gasteiger partial charge in [0.2, 0.25) is 5.96 Å². The van der Waals surface area contributed by atoms with Crippen molar-refractivity contribution in [2.75, 3.05) is 7.11 Å². The molecule has 0 atom stereocenters. The van der Waals surface area contributed by atoms with E-state index < -0.39 is 11.6 Å². The number of ether oxygens (including phenoxy) is 1. The van der Waals surface area contributed by atoms with Crippen molar-refractivity contribution in [3.8, 4) is 5.75 Å². The van der Waals surface area contributed by atoms with Gasteiger partial charge in [0.25, 0.3) is 0 Å². The van der Waals surface area contributed by atoms with Crippen LogP contribution in [-0.4, -0.2) is 19.3 Å². The van der Waals surface area contributed by atoms with Crippen LogP contribution in [0.5, 0.6) is 5.75 Å². The predicted molar refractivity (Wildman–Crippen MR) is 56.3 cm³/mol. The molecule has 86 valence electrons. The molecular formula is C9H10F2N4O. The van der Waals surface area contributed by atoms with Crippen LogP contribution in [0.3, 0.4) is 0 Å². The summed E-state index contributed by atoms with van der Waals surface area (Å²) in [6.45, 7) is 0. The van der Waals surface area contributed by atoms with Gasteiger partial charge in [0.05, 0.1) is 18.9 Å². The van der Waals surface area contributed by atoms with Crippen molar-refractivity contribution in [2.45, 2.75) is 0 Å². The highest BCUT2D eigenvalue weighted by molar-refractivity contribution is 5.85. The molecule has 0 unspecified atom stereocenters. The Labute approximate surface area is 90.4 Å². The van der Waals surface area contributed by atoms with E-state index in [1.807, 2.05) is 0 Å². The fourth-order valence-electron chi connectivity index (χ4n) is 1.01. The third-order valence-corrected chi connectivity index (χ3v) is 1.64. The summed E-state index contributed by atoms with van der Waals surface area (Å²) < 4.78 is 30.9. The maximum absolute atomic E-state index is 13.3. The molecule has 0 heterocycles. The van der Waals surface area contributed by atoms with Gasteiger partial charge in [-0.15, -0.1) is 5.10 Å². The van der Waals surface area contributed by atoms with Gasteiger partial charge >= 0.3 is 0 Å². The Bertz CT molecular complexity index is 441. The first-order chi connectivity index (χ1) is 7.54. The Kier molecular flexibility index (Phi) is 3.76. The van der Waals surface area contributed by atoms with Crippen molar-refractivity contribution >= 4 is 12.2 Å². The molecule has 0 saturated carbocycles. The summed E-state index contributed by atoms with van der Waals surface area (Å²) in [6, 6.07) is 1.74. The highest BCUT2D eigenvalue weighted by Crippen LogP contribution is 2.21. The third kappa shape index (κ3) is 2.91. The van der Waals surface area contributed by atoms with Gasteiger partial charge in [0, 0.05) is 12.1 Å². The highest BCUT2D eigenvalue weighted by Gasteiger charge is 2.09. The molecule has 16 heavy (non-hydrogen) atoms. The first-order valence-corrected chi connectivity index (χ1v) is 4.19. The third-order valence-electron chi connectivity index (χ3n) is 1.64. The normalized spacial score (nSPS) is 10.4. The molecule has 5 nitrogen and oxygen atoms in total. The van der Waals surface area contributed by atoms with Crippen LogP contribution in [0.1, 0.15) is 5.56 Å². The van der Waals surface area contributed by atoms with E-state index in [0.29, 0.717) is 6.07 Å². The van der Waals surface area contributed by atoms with E-state index >= 15 is 0 Å². The molecule has 1 aromatic carbocycles. The molecular weight excluding hydrogens is 218 g/mol. The minimum absolute atomic E-state index is 0.00652. The summed E-state index contributed by atoms with van der Waals surface area (Å²) in [6.07, 6.45) is 1.04. The van der Waals surface area contributed by atoms with Crippen LogP contribution in [0.4, 0.5) is 8.78 Å². The van der Waals surface area contributed by atoms with Crippen molar-refractivity contribution < 1.29 is 13.5 Å². The van der Waals surface area contributed by atoms with Gasteiger partial charge in [-0.3, -0.25) is 0 Å². The first-order valence-electron chi connectivity index (χ1n) is 4.19. The average Bonchev–Trinajstić information content (AvgIpc) is 2.20. The quantitative estimate of drug-likeness (QED) is 0.450. The zero-order valence-corrected chi connectivity index (χ0v) is 8.45. The average molecular weight is 228 g/mol. The van der Waals surface area contributed by atoms with Crippen molar-refractivity contribution in [3.05, 3.63) is 29.3 Å². The van der Waals surface area contributed by atoms with Gasteiger partial charge < -0.3 is 16.2 Å². The van der Waals surface area contributed by atoms with Crippen LogP contribution < -0.4 is 16.2 Å². The number of methoxy groups -OCH3 is 1. The zero-order valence-electron chi connectivity index (χ0n) is 8.45. The summed E-state index contributed by atoms with van der Waals surface area (Å²) in [5, 5.41) is 6.70. The Morgan fingerprint density at radius 2 is 2.06 bits per heavy atom. The molecule has 1 rings (SSSR count). The molecule has 1 aromatic rings. The minimum atomic E-state index is -0.814. The highest BCUT2D eigenvalue weighted by atomic mass is 19.1. The van der Waals surface area contributed by atoms with Gasteiger partial charge in [0.1, 0.15) is 17.4 Å². The van der Waals surface area contributed by atoms with E-state index in [-0.39, 0.29) is 17.3 Å². The number of halogens is 2. The number of benzene rings is 1. The summed E-state index contributed by atoms with van der Waals surface area (Å²) >= 11 is 0. The van der Waals surface area contributed by atoms with Crippen molar-refractivity contribution in [3.63, 3.8) is 0 Å². The summed E-state index contributed by atoms with van der Waals surface area (Å²) in [4.78, 5) is 0. The second kappa shape index (κ2) is 5.06. The number of guanidine groups is 1. The van der Waals surface area contributed by atoms with Crippen LogP contribution in [0.15, 0.2) is 22.3 Å². The van der Waals surface area contributed by atoms with Crippen LogP contribution in [-0.2, 0) is 0 Å². The van der Waals surface area contributed by atoms with Gasteiger partial charge in [-0.2, -0.15) is 5.10 Å². The van der Waals surface area contributed by atoms with E-state index in [0.717, 1.165) is 12.3 Å². The molecule has 7 heteroatoms. The second-order valence-electron chi connectivity index (χ2n) is 2.77. The summed E-state index contributed by atoms with van der Waals surface area (Å²) in [5.74, 6) is -1.82. The summed E-state index contributed by atoms with van der Waals surface area (Å²) in [7, 11) is 1.28. The molecule has 0 aliphatic heterocycles. The van der Waals surface area contributed by atoms with E-state index in [4.69, 9.17) is 16.2 Å². The Balaban J connectivity index is 3.12. The number of rotatable bonds is 3. The lowest BCUT2D eigenvalue weighted by Crippen LogP contribution is -2.21. The predicted octanol–water partition coefficient (Wildman–Crippen LogP) is 0.581. The number of nitrogens with two attached hydrogens (primary N) is 2. The summed E-state index contributed by atoms with van der Waals surface area (Å²) in [5.41, 5.74) is 10.0. The largest absolute Gasteiger partial charge is 0.496 e. The molecule has 0 saturated heterocycles. The van der Waals surface area contributed by atoms with Crippen LogP contribution in [0.25, 0.3) is 0 Å². The SMILES string of the molecule is COc1cc(F)cc(F)c1C=NN=C(N)N. The van der Waals surface area contributed by atoms with E-state index in [1.165, 1.54) is 7.11 Å². The molecule has 0 fully saturated rings. The van der Waals surface area contributed by atoms with E-state index in [2.05, 4.69) is 10.2 Å². The van der Waals surface area contributed by atoms with Crippen molar-refractivity contribution in [1.29, 1.82) is 0 Å². The Morgan fingerprint density at radius 1 is 1.38 bits per heavy atom. The number of nitrogens with zero attached hydrogens (tertiary/aromatic N) is 2. The maximum Gasteiger partial charge on any atom is 0.211 e. The van der Waals surface area contributed by atoms with Crippen LogP contribution in [0.2, 0.25) is 0 Å². The lowest BCUT2D eigenvalue weighted by molar-refractivity contribution is 0.406. The van der Waals surface area contributed by atoms with Crippen LogP contribution in [0, 0.1) is 11.6 Å². The molecule has 0 spiro atoms. The first kappa shape index (κ1) is 11.9. The van der Waals surface area contributed by atoms with Crippen molar-refractivity contribution in [1.82, 2.24) is 0 Å². The monoisotopic (exact) mass is 228 g/mol. The standard InChI is InChI=1S/C9H10F2N4O/c1-16-8-3-5(10)2-7(11)6(8)4-14-15-9(12)13/h2-4H,1H3,(H4,12,13,15). The van der Waals surface area contributed by atoms with Gasteiger partial charge in [-0.05, 0) is 0 Å². The lowest BCUT2D eigenvalue weighted by Gasteiger charge is -2.04. The van der Waals surface area contributed by atoms with Gasteiger partial charge in [-0.1, -0.05) is 0 Å². The Morgan fingerprint density at radius 3 is 2.62 bits per heavy atom. The zero-order chi connectivity index (χ0) is 12.1. The molecule has 0 radical (unpaired) electrons. The Hall–Kier alpha value is -2.18. The maximum atomic E-state index is 13.3. The lowest BCUT2D eigenvalue weighted by atomic mass is 10.2. The number of hydrogen-bond donors (Lipinski definition) is 2. The fraction of sp³-hybridized carbons (Fsp3) is 0.111. The molecule has 0 bridgehead atoms. The molecule has 0 aliphatic rings. The van der Waals surface area contributed by atoms with Gasteiger partial charge in [-0.25, -0.2) is 8.78 Å². The number of hydrogen-bond acceptors (Lipinski definition) is 3. The minimum Gasteiger partial charge on any atom is -0.496 e. The molecule has 0 amide bonds. The smallest absolute Gasteiger partial charge is 0.211 e. The van der Waals surface area contributed by atoms with Gasteiger partial charge in [0.15, 0.2) is 0 Å². The second-order valence-corrected chi connectivity index (χ2v) is 2.77. The van der Waals surface area contributed by atoms with Crippen molar-refractivity contribution in [2.24, 2.45) is 21.7 Å². The van der Waals surface area contributed by atoms with Crippen LogP contribution >= 0.6 is 0 Å².